The quantitative estimate of drug-likeness (QED) is 0.614. The number of anilines is 1. The van der Waals surface area contributed by atoms with Crippen LogP contribution in [-0.4, -0.2) is 53.5 Å². The number of H-pyrrole nitrogens is 1. The molecule has 4 rings (SSSR count). The SMILES string of the molecule is COC(=O)c1ccc(NC(=O)CN2CCC(c3nc4cc(C)c(C)cc4[nH]3)CC2)cc1. The Bertz CT molecular complexity index is 1060. The number of amides is 1. The molecule has 2 heterocycles. The van der Waals surface area contributed by atoms with Gasteiger partial charge >= 0.3 is 5.97 Å². The van der Waals surface area contributed by atoms with E-state index in [1.54, 1.807) is 24.3 Å². The highest BCUT2D eigenvalue weighted by Crippen LogP contribution is 2.28. The molecule has 0 bridgehead atoms. The summed E-state index contributed by atoms with van der Waals surface area (Å²) in [6.07, 6.45) is 1.94. The third-order valence-electron chi connectivity index (χ3n) is 6.05. The van der Waals surface area contributed by atoms with E-state index in [1.807, 2.05) is 0 Å². The molecule has 162 valence electrons. The standard InChI is InChI=1S/C24H28N4O3/c1-15-12-20-21(13-16(15)2)27-23(26-20)17-8-10-28(11-9-17)14-22(29)25-19-6-4-18(5-7-19)24(30)31-3/h4-7,12-13,17H,8-11,14H2,1-3H3,(H,25,29)(H,26,27). The molecule has 1 aliphatic rings. The normalized spacial score (nSPS) is 15.2. The van der Waals surface area contributed by atoms with Crippen LogP contribution in [0, 0.1) is 13.8 Å². The fourth-order valence-electron chi connectivity index (χ4n) is 4.06. The molecule has 1 saturated heterocycles. The van der Waals surface area contributed by atoms with Crippen LogP contribution in [0.2, 0.25) is 0 Å². The largest absolute Gasteiger partial charge is 0.465 e. The number of piperidine rings is 1. The Morgan fingerprint density at radius 3 is 2.48 bits per heavy atom. The number of nitrogens with zero attached hydrogens (tertiary/aromatic N) is 2. The molecule has 7 nitrogen and oxygen atoms in total. The van der Waals surface area contributed by atoms with Gasteiger partial charge < -0.3 is 15.0 Å². The van der Waals surface area contributed by atoms with E-state index in [2.05, 4.69) is 45.9 Å². The maximum absolute atomic E-state index is 12.4. The molecule has 1 fully saturated rings. The highest BCUT2D eigenvalue weighted by molar-refractivity contribution is 5.94. The van der Waals surface area contributed by atoms with Crippen LogP contribution in [0.5, 0.6) is 0 Å². The second-order valence-electron chi connectivity index (χ2n) is 8.24. The Morgan fingerprint density at radius 1 is 1.13 bits per heavy atom. The first-order chi connectivity index (χ1) is 14.9. The van der Waals surface area contributed by atoms with Crippen LogP contribution >= 0.6 is 0 Å². The number of aryl methyl sites for hydroxylation is 2. The van der Waals surface area contributed by atoms with Crippen molar-refractivity contribution in [2.75, 3.05) is 32.1 Å². The lowest BCUT2D eigenvalue weighted by molar-refractivity contribution is -0.117. The van der Waals surface area contributed by atoms with E-state index < -0.39 is 5.97 Å². The van der Waals surface area contributed by atoms with Crippen molar-refractivity contribution < 1.29 is 14.3 Å². The lowest BCUT2D eigenvalue weighted by atomic mass is 9.96. The molecule has 2 N–H and O–H groups in total. The number of likely N-dealkylation sites (tertiary alicyclic amines) is 1. The summed E-state index contributed by atoms with van der Waals surface area (Å²) in [4.78, 5) is 34.4. The number of aromatic amines is 1. The molecular weight excluding hydrogens is 392 g/mol. The van der Waals surface area contributed by atoms with E-state index in [1.165, 1.54) is 18.2 Å². The van der Waals surface area contributed by atoms with Gasteiger partial charge in [-0.2, -0.15) is 0 Å². The summed E-state index contributed by atoms with van der Waals surface area (Å²) in [5.41, 5.74) is 5.77. The second-order valence-corrected chi connectivity index (χ2v) is 8.24. The summed E-state index contributed by atoms with van der Waals surface area (Å²) in [6.45, 7) is 6.29. The number of esters is 1. The van der Waals surface area contributed by atoms with Crippen molar-refractivity contribution in [1.82, 2.24) is 14.9 Å². The molecule has 0 radical (unpaired) electrons. The topological polar surface area (TPSA) is 87.3 Å². The fraction of sp³-hybridized carbons (Fsp3) is 0.375. The number of hydrogen-bond donors (Lipinski definition) is 2. The van der Waals surface area contributed by atoms with Crippen molar-refractivity contribution in [3.63, 3.8) is 0 Å². The average Bonchev–Trinajstić information content (AvgIpc) is 3.17. The van der Waals surface area contributed by atoms with E-state index in [0.717, 1.165) is 42.8 Å². The van der Waals surface area contributed by atoms with Crippen molar-refractivity contribution in [2.45, 2.75) is 32.6 Å². The highest BCUT2D eigenvalue weighted by Gasteiger charge is 2.24. The Kier molecular flexibility index (Phi) is 6.04. The van der Waals surface area contributed by atoms with Crippen molar-refractivity contribution >= 4 is 28.6 Å². The minimum Gasteiger partial charge on any atom is -0.465 e. The van der Waals surface area contributed by atoms with E-state index in [9.17, 15) is 9.59 Å². The molecule has 3 aromatic rings. The molecule has 1 aliphatic heterocycles. The Labute approximate surface area is 181 Å². The zero-order valence-corrected chi connectivity index (χ0v) is 18.2. The number of rotatable bonds is 5. The highest BCUT2D eigenvalue weighted by atomic mass is 16.5. The average molecular weight is 421 g/mol. The van der Waals surface area contributed by atoms with Gasteiger partial charge in [0, 0.05) is 11.6 Å². The Balaban J connectivity index is 1.30. The van der Waals surface area contributed by atoms with Gasteiger partial charge in [0.15, 0.2) is 0 Å². The molecule has 0 unspecified atom stereocenters. The van der Waals surface area contributed by atoms with Gasteiger partial charge in [0.05, 0.1) is 30.3 Å². The first-order valence-electron chi connectivity index (χ1n) is 10.6. The van der Waals surface area contributed by atoms with Crippen molar-refractivity contribution in [3.8, 4) is 0 Å². The summed E-state index contributed by atoms with van der Waals surface area (Å²) < 4.78 is 4.69. The van der Waals surface area contributed by atoms with Gasteiger partial charge in [-0.05, 0) is 87.3 Å². The zero-order valence-electron chi connectivity index (χ0n) is 18.2. The first kappa shape index (κ1) is 21.1. The monoisotopic (exact) mass is 420 g/mol. The summed E-state index contributed by atoms with van der Waals surface area (Å²) in [6, 6.07) is 11.0. The van der Waals surface area contributed by atoms with Crippen LogP contribution in [0.4, 0.5) is 5.69 Å². The van der Waals surface area contributed by atoms with Gasteiger partial charge in [-0.15, -0.1) is 0 Å². The van der Waals surface area contributed by atoms with Crippen LogP contribution < -0.4 is 5.32 Å². The van der Waals surface area contributed by atoms with Gasteiger partial charge in [0.2, 0.25) is 5.91 Å². The molecule has 1 amide bonds. The van der Waals surface area contributed by atoms with Gasteiger partial charge in [-0.1, -0.05) is 0 Å². The minimum atomic E-state index is -0.393. The second kappa shape index (κ2) is 8.89. The lowest BCUT2D eigenvalue weighted by Crippen LogP contribution is -2.38. The molecule has 1 aromatic heterocycles. The third kappa shape index (κ3) is 4.77. The van der Waals surface area contributed by atoms with Crippen molar-refractivity contribution in [3.05, 3.63) is 58.9 Å². The summed E-state index contributed by atoms with van der Waals surface area (Å²) in [5.74, 6) is 0.988. The number of fused-ring (bicyclic) bond motifs is 1. The van der Waals surface area contributed by atoms with Crippen LogP contribution in [0.15, 0.2) is 36.4 Å². The van der Waals surface area contributed by atoms with E-state index >= 15 is 0 Å². The van der Waals surface area contributed by atoms with Crippen molar-refractivity contribution in [1.29, 1.82) is 0 Å². The number of carbonyl (C=O) groups is 2. The Morgan fingerprint density at radius 2 is 1.81 bits per heavy atom. The van der Waals surface area contributed by atoms with E-state index in [-0.39, 0.29) is 5.91 Å². The molecule has 0 atom stereocenters. The number of nitrogens with one attached hydrogen (secondary N) is 2. The lowest BCUT2D eigenvalue weighted by Gasteiger charge is -2.30. The van der Waals surface area contributed by atoms with Crippen molar-refractivity contribution in [2.24, 2.45) is 0 Å². The maximum atomic E-state index is 12.4. The number of benzene rings is 2. The molecule has 0 aliphatic carbocycles. The molecule has 7 heteroatoms. The number of aromatic nitrogens is 2. The maximum Gasteiger partial charge on any atom is 0.337 e. The molecule has 31 heavy (non-hydrogen) atoms. The number of imidazole rings is 1. The smallest absolute Gasteiger partial charge is 0.337 e. The summed E-state index contributed by atoms with van der Waals surface area (Å²) in [5, 5.41) is 2.89. The fourth-order valence-corrected chi connectivity index (χ4v) is 4.06. The number of hydrogen-bond acceptors (Lipinski definition) is 5. The predicted octanol–water partition coefficient (Wildman–Crippen LogP) is 3.78. The third-order valence-corrected chi connectivity index (χ3v) is 6.05. The van der Waals surface area contributed by atoms with Crippen LogP contribution in [0.25, 0.3) is 11.0 Å². The number of methoxy groups -OCH3 is 1. The predicted molar refractivity (Wildman–Crippen MR) is 120 cm³/mol. The Hall–Kier alpha value is -3.19. The van der Waals surface area contributed by atoms with Crippen LogP contribution in [0.3, 0.4) is 0 Å². The van der Waals surface area contributed by atoms with Gasteiger partial charge in [-0.3, -0.25) is 9.69 Å². The number of ether oxygens (including phenoxy) is 1. The van der Waals surface area contributed by atoms with E-state index in [4.69, 9.17) is 4.98 Å². The molecule has 0 spiro atoms. The van der Waals surface area contributed by atoms with Gasteiger partial charge in [0.1, 0.15) is 5.82 Å². The molecule has 2 aromatic carbocycles. The number of carbonyl (C=O) groups excluding carboxylic acids is 2. The minimum absolute atomic E-state index is 0.0565. The zero-order chi connectivity index (χ0) is 22.0. The van der Waals surface area contributed by atoms with Gasteiger partial charge in [-0.25, -0.2) is 9.78 Å². The molecular formula is C24H28N4O3. The summed E-state index contributed by atoms with van der Waals surface area (Å²) in [7, 11) is 1.34. The first-order valence-corrected chi connectivity index (χ1v) is 10.6. The van der Waals surface area contributed by atoms with E-state index in [0.29, 0.717) is 23.7 Å². The molecule has 0 saturated carbocycles. The summed E-state index contributed by atoms with van der Waals surface area (Å²) >= 11 is 0. The van der Waals surface area contributed by atoms with Crippen LogP contribution in [0.1, 0.15) is 46.1 Å². The van der Waals surface area contributed by atoms with Crippen LogP contribution in [-0.2, 0) is 9.53 Å². The van der Waals surface area contributed by atoms with Gasteiger partial charge in [0.25, 0.3) is 0 Å².